The minimum atomic E-state index is -0.403. The Morgan fingerprint density at radius 3 is 2.61 bits per heavy atom. The molecule has 0 bridgehead atoms. The summed E-state index contributed by atoms with van der Waals surface area (Å²) in [5, 5.41) is 4.52. The minimum absolute atomic E-state index is 0.0192. The number of halogens is 1. The molecule has 0 radical (unpaired) electrons. The van der Waals surface area contributed by atoms with Gasteiger partial charge in [-0.1, -0.05) is 6.07 Å². The molecule has 3 aliphatic rings. The van der Waals surface area contributed by atoms with E-state index in [0.29, 0.717) is 28.0 Å². The van der Waals surface area contributed by atoms with E-state index < -0.39 is 5.82 Å². The zero-order chi connectivity index (χ0) is 25.0. The van der Waals surface area contributed by atoms with Gasteiger partial charge in [-0.3, -0.25) is 14.5 Å². The van der Waals surface area contributed by atoms with Crippen molar-refractivity contribution in [3.8, 4) is 11.1 Å². The Morgan fingerprint density at radius 2 is 1.92 bits per heavy atom. The van der Waals surface area contributed by atoms with E-state index in [1.807, 2.05) is 29.0 Å². The fraction of sp³-hybridized carbons (Fsp3) is 0.448. The topological polar surface area (TPSA) is 80.4 Å². The summed E-state index contributed by atoms with van der Waals surface area (Å²) >= 11 is 0. The second-order valence-corrected chi connectivity index (χ2v) is 11.0. The number of benzene rings is 2. The number of nitrogens with one attached hydrogen (secondary N) is 1. The summed E-state index contributed by atoms with van der Waals surface area (Å²) in [6.07, 6.45) is 7.29. The maximum atomic E-state index is 14.9. The van der Waals surface area contributed by atoms with Crippen LogP contribution in [-0.2, 0) is 13.1 Å². The van der Waals surface area contributed by atoms with Crippen molar-refractivity contribution in [3.63, 3.8) is 0 Å². The summed E-state index contributed by atoms with van der Waals surface area (Å²) in [5.74, 6) is -0.0604. The van der Waals surface area contributed by atoms with E-state index in [4.69, 9.17) is 5.73 Å². The lowest BCUT2D eigenvalue weighted by Crippen LogP contribution is -2.28. The Kier molecular flexibility index (Phi) is 5.92. The first kappa shape index (κ1) is 23.4. The van der Waals surface area contributed by atoms with E-state index in [0.717, 1.165) is 62.0 Å². The fourth-order valence-electron chi connectivity index (χ4n) is 5.33. The second kappa shape index (κ2) is 9.12. The van der Waals surface area contributed by atoms with Gasteiger partial charge >= 0.3 is 0 Å². The molecule has 6 rings (SSSR count). The average molecular weight is 489 g/mol. The standard InChI is InChI=1S/C29H33FN4O2/c1-17-25(11-20(12-27(17)30)28(35)32-23-5-6-23)19-4-7-24-26(10-19)21(14-33-9-8-22(31)16-33)15-34(29(24)36)13-18-2-3-18/h4,7,10-12,15,18,22-23H,2-3,5-6,8-9,13-14,16,31H2,1H3,(H,32,35)/t22-/m1/s1. The lowest BCUT2D eigenvalue weighted by Gasteiger charge is -2.19. The number of pyridine rings is 1. The first-order chi connectivity index (χ1) is 17.4. The van der Waals surface area contributed by atoms with Gasteiger partial charge in [-0.15, -0.1) is 0 Å². The van der Waals surface area contributed by atoms with Crippen molar-refractivity contribution in [1.82, 2.24) is 14.8 Å². The van der Waals surface area contributed by atoms with Gasteiger partial charge in [0.25, 0.3) is 11.5 Å². The summed E-state index contributed by atoms with van der Waals surface area (Å²) < 4.78 is 16.8. The summed E-state index contributed by atoms with van der Waals surface area (Å²) in [4.78, 5) is 28.4. The molecule has 3 fully saturated rings. The van der Waals surface area contributed by atoms with Gasteiger partial charge in [0.05, 0.1) is 0 Å². The van der Waals surface area contributed by atoms with Crippen LogP contribution in [0, 0.1) is 18.7 Å². The number of carbonyl (C=O) groups is 1. The van der Waals surface area contributed by atoms with Gasteiger partial charge in [0, 0.05) is 55.4 Å². The molecule has 1 aliphatic heterocycles. The van der Waals surface area contributed by atoms with E-state index in [1.165, 1.54) is 18.9 Å². The maximum absolute atomic E-state index is 14.9. The van der Waals surface area contributed by atoms with Gasteiger partial charge in [0.1, 0.15) is 5.82 Å². The molecule has 3 N–H and O–H groups in total. The summed E-state index contributed by atoms with van der Waals surface area (Å²) in [5.41, 5.74) is 9.56. The normalized spacial score (nSPS) is 20.2. The van der Waals surface area contributed by atoms with Crippen LogP contribution in [0.15, 0.2) is 41.3 Å². The molecule has 2 saturated carbocycles. The summed E-state index contributed by atoms with van der Waals surface area (Å²) in [7, 11) is 0. The molecule has 1 amide bonds. The van der Waals surface area contributed by atoms with Gasteiger partial charge in [0.2, 0.25) is 0 Å². The molecule has 0 unspecified atom stereocenters. The molecule has 6 nitrogen and oxygen atoms in total. The third-order valence-electron chi connectivity index (χ3n) is 7.85. The Morgan fingerprint density at radius 1 is 1.11 bits per heavy atom. The first-order valence-electron chi connectivity index (χ1n) is 13.1. The highest BCUT2D eigenvalue weighted by Gasteiger charge is 2.26. The SMILES string of the molecule is Cc1c(F)cc(C(=O)NC2CC2)cc1-c1ccc2c(=O)n(CC3CC3)cc(CN3CC[C@@H](N)C3)c2c1. The smallest absolute Gasteiger partial charge is 0.258 e. The molecule has 1 aromatic heterocycles. The lowest BCUT2D eigenvalue weighted by atomic mass is 9.94. The Balaban J connectivity index is 1.44. The zero-order valence-electron chi connectivity index (χ0n) is 20.7. The second-order valence-electron chi connectivity index (χ2n) is 11.0. The van der Waals surface area contributed by atoms with Gasteiger partial charge < -0.3 is 15.6 Å². The van der Waals surface area contributed by atoms with Crippen molar-refractivity contribution in [2.75, 3.05) is 13.1 Å². The highest BCUT2D eigenvalue weighted by Crippen LogP contribution is 2.33. The predicted octanol–water partition coefficient (Wildman–Crippen LogP) is 3.95. The van der Waals surface area contributed by atoms with Gasteiger partial charge in [-0.05, 0) is 96.9 Å². The average Bonchev–Trinajstić information content (AvgIpc) is 3.79. The van der Waals surface area contributed by atoms with Crippen molar-refractivity contribution in [1.29, 1.82) is 0 Å². The van der Waals surface area contributed by atoms with Crippen LogP contribution in [0.2, 0.25) is 0 Å². The molecular formula is C29H33FN4O2. The van der Waals surface area contributed by atoms with Crippen LogP contribution in [0.1, 0.15) is 53.6 Å². The lowest BCUT2D eigenvalue weighted by molar-refractivity contribution is 0.0950. The number of fused-ring (bicyclic) bond motifs is 1. The van der Waals surface area contributed by atoms with Gasteiger partial charge in [0.15, 0.2) is 0 Å². The number of nitrogens with zero attached hydrogens (tertiary/aromatic N) is 2. The van der Waals surface area contributed by atoms with E-state index in [-0.39, 0.29) is 23.6 Å². The molecule has 1 saturated heterocycles. The van der Waals surface area contributed by atoms with Crippen molar-refractivity contribution in [3.05, 3.63) is 69.4 Å². The number of nitrogens with two attached hydrogens (primary N) is 1. The summed E-state index contributed by atoms with van der Waals surface area (Å²) in [6.45, 7) is 4.98. The van der Waals surface area contributed by atoms with Crippen LogP contribution in [0.25, 0.3) is 21.9 Å². The van der Waals surface area contributed by atoms with Crippen LogP contribution in [0.3, 0.4) is 0 Å². The number of likely N-dealkylation sites (tertiary alicyclic amines) is 1. The molecule has 0 spiro atoms. The minimum Gasteiger partial charge on any atom is -0.349 e. The Hall–Kier alpha value is -3.03. The highest BCUT2D eigenvalue weighted by atomic mass is 19.1. The van der Waals surface area contributed by atoms with Crippen LogP contribution >= 0.6 is 0 Å². The van der Waals surface area contributed by atoms with Crippen molar-refractivity contribution in [2.45, 2.75) is 64.2 Å². The number of carbonyl (C=O) groups excluding carboxylic acids is 1. The van der Waals surface area contributed by atoms with Crippen LogP contribution < -0.4 is 16.6 Å². The number of aromatic nitrogens is 1. The molecule has 3 aromatic rings. The number of rotatable bonds is 7. The number of hydrogen-bond donors (Lipinski definition) is 2. The first-order valence-corrected chi connectivity index (χ1v) is 13.1. The van der Waals surface area contributed by atoms with Crippen LogP contribution in [0.4, 0.5) is 4.39 Å². The van der Waals surface area contributed by atoms with E-state index >= 15 is 0 Å². The van der Waals surface area contributed by atoms with Crippen LogP contribution in [-0.4, -0.2) is 40.5 Å². The Bertz CT molecular complexity index is 1410. The molecule has 7 heteroatoms. The van der Waals surface area contributed by atoms with E-state index in [9.17, 15) is 14.0 Å². The fourth-order valence-corrected chi connectivity index (χ4v) is 5.33. The zero-order valence-corrected chi connectivity index (χ0v) is 20.7. The van der Waals surface area contributed by atoms with Gasteiger partial charge in [-0.2, -0.15) is 0 Å². The molecule has 2 aromatic carbocycles. The van der Waals surface area contributed by atoms with Crippen molar-refractivity contribution >= 4 is 16.7 Å². The van der Waals surface area contributed by atoms with Gasteiger partial charge in [-0.25, -0.2) is 4.39 Å². The van der Waals surface area contributed by atoms with E-state index in [2.05, 4.69) is 10.2 Å². The highest BCUT2D eigenvalue weighted by molar-refractivity contribution is 5.97. The number of amides is 1. The predicted molar refractivity (Wildman–Crippen MR) is 139 cm³/mol. The van der Waals surface area contributed by atoms with E-state index in [1.54, 1.807) is 13.0 Å². The Labute approximate surface area is 210 Å². The molecule has 1 atom stereocenters. The third-order valence-corrected chi connectivity index (χ3v) is 7.85. The maximum Gasteiger partial charge on any atom is 0.258 e. The third kappa shape index (κ3) is 4.70. The monoisotopic (exact) mass is 488 g/mol. The number of hydrogen-bond acceptors (Lipinski definition) is 4. The van der Waals surface area contributed by atoms with Crippen molar-refractivity contribution in [2.24, 2.45) is 11.7 Å². The molecule has 2 heterocycles. The van der Waals surface area contributed by atoms with Crippen LogP contribution in [0.5, 0.6) is 0 Å². The van der Waals surface area contributed by atoms with Crippen molar-refractivity contribution < 1.29 is 9.18 Å². The molecule has 36 heavy (non-hydrogen) atoms. The largest absolute Gasteiger partial charge is 0.349 e. The summed E-state index contributed by atoms with van der Waals surface area (Å²) in [6, 6.07) is 9.20. The molecule has 2 aliphatic carbocycles. The molecular weight excluding hydrogens is 455 g/mol. The molecule has 188 valence electrons. The quantitative estimate of drug-likeness (QED) is 0.528.